The molecule has 1 rings (SSSR count). The zero-order chi connectivity index (χ0) is 10.6. The van der Waals surface area contributed by atoms with Crippen molar-refractivity contribution in [3.05, 3.63) is 35.9 Å². The van der Waals surface area contributed by atoms with Crippen LogP contribution in [0.5, 0.6) is 0 Å². The SMILES string of the molecule is O=[P+](O)OP(=O)(O)Cc1ccccc1. The third-order valence-electron chi connectivity index (χ3n) is 1.42. The van der Waals surface area contributed by atoms with Crippen LogP contribution >= 0.6 is 15.9 Å². The summed E-state index contributed by atoms with van der Waals surface area (Å²) in [5.74, 6) is 0. The average Bonchev–Trinajstić information content (AvgIpc) is 2.02. The third kappa shape index (κ3) is 4.09. The van der Waals surface area contributed by atoms with Crippen molar-refractivity contribution in [3.8, 4) is 0 Å². The predicted molar refractivity (Wildman–Crippen MR) is 50.9 cm³/mol. The van der Waals surface area contributed by atoms with Gasteiger partial charge in [-0.3, -0.25) is 4.57 Å². The van der Waals surface area contributed by atoms with E-state index in [9.17, 15) is 9.13 Å². The minimum Gasteiger partial charge on any atom is -0.321 e. The Morgan fingerprint density at radius 3 is 2.43 bits per heavy atom. The van der Waals surface area contributed by atoms with Crippen LogP contribution in [0.15, 0.2) is 30.3 Å². The molecule has 1 aromatic carbocycles. The minimum atomic E-state index is -4.00. The minimum absolute atomic E-state index is 0.268. The first-order valence-corrected chi connectivity index (χ1v) is 6.60. The summed E-state index contributed by atoms with van der Waals surface area (Å²) in [5.41, 5.74) is 0.579. The first kappa shape index (κ1) is 11.5. The molecule has 0 radical (unpaired) electrons. The summed E-state index contributed by atoms with van der Waals surface area (Å²) in [6, 6.07) is 8.44. The highest BCUT2D eigenvalue weighted by molar-refractivity contribution is 7.59. The number of hydrogen-bond donors (Lipinski definition) is 2. The number of rotatable bonds is 4. The highest BCUT2D eigenvalue weighted by Gasteiger charge is 2.32. The number of benzene rings is 1. The van der Waals surface area contributed by atoms with E-state index in [-0.39, 0.29) is 6.16 Å². The molecule has 0 spiro atoms. The summed E-state index contributed by atoms with van der Waals surface area (Å²) in [4.78, 5) is 17.4. The maximum absolute atomic E-state index is 11.2. The van der Waals surface area contributed by atoms with Gasteiger partial charge in [0.2, 0.25) is 0 Å². The van der Waals surface area contributed by atoms with Gasteiger partial charge in [-0.25, -0.2) is 0 Å². The molecular formula is C7H9O5P2+. The summed E-state index contributed by atoms with van der Waals surface area (Å²) < 4.78 is 25.4. The summed E-state index contributed by atoms with van der Waals surface area (Å²) >= 11 is 0. The van der Waals surface area contributed by atoms with Gasteiger partial charge in [-0.15, -0.1) is 4.89 Å². The smallest absolute Gasteiger partial charge is 0.321 e. The fourth-order valence-corrected chi connectivity index (χ4v) is 2.73. The van der Waals surface area contributed by atoms with Crippen LogP contribution in [0.4, 0.5) is 0 Å². The Labute approximate surface area is 81.8 Å². The van der Waals surface area contributed by atoms with Crippen LogP contribution in [0, 0.1) is 0 Å². The van der Waals surface area contributed by atoms with Crippen molar-refractivity contribution in [3.63, 3.8) is 0 Å². The largest absolute Gasteiger partial charge is 0.703 e. The Kier molecular flexibility index (Phi) is 3.93. The van der Waals surface area contributed by atoms with Gasteiger partial charge in [0.25, 0.3) is 0 Å². The molecule has 0 bridgehead atoms. The second kappa shape index (κ2) is 4.78. The second-order valence-corrected chi connectivity index (χ2v) is 5.32. The molecule has 0 aromatic heterocycles. The van der Waals surface area contributed by atoms with Gasteiger partial charge in [0.1, 0.15) is 0 Å². The predicted octanol–water partition coefficient (Wildman–Crippen LogP) is 2.04. The van der Waals surface area contributed by atoms with Crippen LogP contribution in [-0.2, 0) is 19.6 Å². The van der Waals surface area contributed by atoms with Crippen molar-refractivity contribution in [2.75, 3.05) is 0 Å². The lowest BCUT2D eigenvalue weighted by Crippen LogP contribution is -1.88. The van der Waals surface area contributed by atoms with Gasteiger partial charge in [-0.2, -0.15) is 0 Å². The fourth-order valence-electron chi connectivity index (χ4n) is 0.952. The molecule has 0 amide bonds. The fraction of sp³-hybridized carbons (Fsp3) is 0.143. The van der Waals surface area contributed by atoms with E-state index in [2.05, 4.69) is 4.31 Å². The zero-order valence-electron chi connectivity index (χ0n) is 7.11. The van der Waals surface area contributed by atoms with Crippen molar-refractivity contribution in [1.29, 1.82) is 0 Å². The van der Waals surface area contributed by atoms with Crippen molar-refractivity contribution in [2.24, 2.45) is 0 Å². The molecule has 0 heterocycles. The molecule has 2 unspecified atom stereocenters. The summed E-state index contributed by atoms with van der Waals surface area (Å²) in [6.07, 6.45) is -0.268. The quantitative estimate of drug-likeness (QED) is 0.780. The van der Waals surface area contributed by atoms with Crippen molar-refractivity contribution in [2.45, 2.75) is 6.16 Å². The first-order chi connectivity index (χ1) is 6.49. The van der Waals surface area contributed by atoms with Gasteiger partial charge in [-0.05, 0) is 9.87 Å². The van der Waals surface area contributed by atoms with Crippen LogP contribution < -0.4 is 0 Å². The topological polar surface area (TPSA) is 83.8 Å². The molecule has 0 saturated heterocycles. The molecule has 0 aliphatic heterocycles. The molecule has 2 N–H and O–H groups in total. The van der Waals surface area contributed by atoms with E-state index < -0.39 is 15.9 Å². The van der Waals surface area contributed by atoms with E-state index in [0.29, 0.717) is 5.56 Å². The molecule has 0 aliphatic rings. The lowest BCUT2D eigenvalue weighted by Gasteiger charge is -2.02. The second-order valence-electron chi connectivity index (χ2n) is 2.60. The monoisotopic (exact) mass is 235 g/mol. The van der Waals surface area contributed by atoms with E-state index in [1.807, 2.05) is 0 Å². The van der Waals surface area contributed by atoms with Crippen LogP contribution in [0.3, 0.4) is 0 Å². The van der Waals surface area contributed by atoms with E-state index in [0.717, 1.165) is 0 Å². The maximum Gasteiger partial charge on any atom is 0.703 e. The van der Waals surface area contributed by atoms with Crippen molar-refractivity contribution >= 4 is 15.9 Å². The standard InChI is InChI=1S/C7H8O5P2/c8-13(9)12-14(10,11)6-7-4-2-1-3-5-7/h1-5H,6H2,(H-,8,9,10,11)/p+1. The van der Waals surface area contributed by atoms with Crippen LogP contribution in [-0.4, -0.2) is 9.79 Å². The molecule has 2 atom stereocenters. The van der Waals surface area contributed by atoms with E-state index in [1.165, 1.54) is 0 Å². The lowest BCUT2D eigenvalue weighted by molar-refractivity contribution is 0.349. The highest BCUT2D eigenvalue weighted by Crippen LogP contribution is 2.52. The van der Waals surface area contributed by atoms with Gasteiger partial charge in [0.05, 0.1) is 6.16 Å². The van der Waals surface area contributed by atoms with Gasteiger partial charge in [0, 0.05) is 4.57 Å². The van der Waals surface area contributed by atoms with Gasteiger partial charge in [0.15, 0.2) is 0 Å². The average molecular weight is 235 g/mol. The Hall–Kier alpha value is -0.570. The summed E-state index contributed by atoms with van der Waals surface area (Å²) in [7, 11) is -7.05. The van der Waals surface area contributed by atoms with Crippen LogP contribution in [0.1, 0.15) is 5.56 Å². The molecule has 5 nitrogen and oxygen atoms in total. The van der Waals surface area contributed by atoms with Crippen molar-refractivity contribution in [1.82, 2.24) is 0 Å². The van der Waals surface area contributed by atoms with E-state index >= 15 is 0 Å². The summed E-state index contributed by atoms with van der Waals surface area (Å²) in [5, 5.41) is 0. The first-order valence-electron chi connectivity index (χ1n) is 3.71. The lowest BCUT2D eigenvalue weighted by atomic mass is 10.2. The van der Waals surface area contributed by atoms with Gasteiger partial charge < -0.3 is 4.89 Å². The van der Waals surface area contributed by atoms with Gasteiger partial charge >= 0.3 is 15.9 Å². The zero-order valence-corrected chi connectivity index (χ0v) is 8.90. The molecule has 76 valence electrons. The van der Waals surface area contributed by atoms with E-state index in [1.54, 1.807) is 30.3 Å². The van der Waals surface area contributed by atoms with E-state index in [4.69, 9.17) is 9.79 Å². The normalized spacial score (nSPS) is 16.0. The Balaban J connectivity index is 2.69. The van der Waals surface area contributed by atoms with Crippen molar-refractivity contribution < 1.29 is 23.2 Å². The van der Waals surface area contributed by atoms with Crippen LogP contribution in [0.2, 0.25) is 0 Å². The Morgan fingerprint density at radius 2 is 1.93 bits per heavy atom. The molecule has 0 fully saturated rings. The Morgan fingerprint density at radius 1 is 1.36 bits per heavy atom. The molecule has 0 saturated carbocycles. The number of hydrogen-bond acceptors (Lipinski definition) is 3. The maximum atomic E-state index is 11.2. The molecule has 14 heavy (non-hydrogen) atoms. The van der Waals surface area contributed by atoms with Crippen LogP contribution in [0.25, 0.3) is 0 Å². The molecular weight excluding hydrogens is 226 g/mol. The van der Waals surface area contributed by atoms with Gasteiger partial charge in [-0.1, -0.05) is 30.3 Å². The highest BCUT2D eigenvalue weighted by atomic mass is 31.2. The Bertz CT molecular complexity index is 364. The third-order valence-corrected chi connectivity index (χ3v) is 3.77. The summed E-state index contributed by atoms with van der Waals surface area (Å²) in [6.45, 7) is 0. The molecule has 1 aromatic rings. The molecule has 0 aliphatic carbocycles. The molecule has 7 heteroatoms.